The summed E-state index contributed by atoms with van der Waals surface area (Å²) in [6.07, 6.45) is 1.93. The Morgan fingerprint density at radius 2 is 2.06 bits per heavy atom. The lowest BCUT2D eigenvalue weighted by Crippen LogP contribution is -2.37. The van der Waals surface area contributed by atoms with Crippen LogP contribution in [0.4, 0.5) is 11.4 Å². The molecule has 1 aliphatic heterocycles. The molecule has 9 heteroatoms. The predicted molar refractivity (Wildman–Crippen MR) is 117 cm³/mol. The molecule has 1 atom stereocenters. The number of nitrogens with one attached hydrogen (secondary N) is 2. The van der Waals surface area contributed by atoms with Gasteiger partial charge in [-0.2, -0.15) is 0 Å². The fourth-order valence-corrected chi connectivity index (χ4v) is 4.21. The summed E-state index contributed by atoms with van der Waals surface area (Å²) in [6.45, 7) is 0.533. The van der Waals surface area contributed by atoms with Gasteiger partial charge in [0.25, 0.3) is 0 Å². The van der Waals surface area contributed by atoms with E-state index in [4.69, 9.17) is 4.42 Å². The number of carbonyl (C=O) groups is 3. The van der Waals surface area contributed by atoms with Crippen molar-refractivity contribution in [3.8, 4) is 11.3 Å². The van der Waals surface area contributed by atoms with Crippen molar-refractivity contribution < 1.29 is 23.9 Å². The molecule has 3 N–H and O–H groups in total. The molecule has 0 aliphatic carbocycles. The molecule has 1 fully saturated rings. The van der Waals surface area contributed by atoms with Crippen LogP contribution in [0, 0.1) is 0 Å². The molecule has 8 nitrogen and oxygen atoms in total. The van der Waals surface area contributed by atoms with E-state index in [1.165, 1.54) is 11.3 Å². The molecule has 1 unspecified atom stereocenters. The van der Waals surface area contributed by atoms with E-state index in [0.717, 1.165) is 12.0 Å². The van der Waals surface area contributed by atoms with Crippen molar-refractivity contribution in [1.82, 2.24) is 5.32 Å². The average Bonchev–Trinajstić information content (AvgIpc) is 3.52. The summed E-state index contributed by atoms with van der Waals surface area (Å²) >= 11 is 1.34. The van der Waals surface area contributed by atoms with Crippen molar-refractivity contribution in [2.24, 2.45) is 0 Å². The maximum atomic E-state index is 12.2. The third-order valence-electron chi connectivity index (χ3n) is 4.91. The van der Waals surface area contributed by atoms with Crippen LogP contribution in [0.5, 0.6) is 0 Å². The highest BCUT2D eigenvalue weighted by molar-refractivity contribution is 7.10. The molecule has 0 bridgehead atoms. The minimum atomic E-state index is -0.949. The van der Waals surface area contributed by atoms with E-state index in [0.29, 0.717) is 35.0 Å². The molecule has 3 aromatic rings. The Morgan fingerprint density at radius 1 is 1.19 bits per heavy atom. The van der Waals surface area contributed by atoms with Crippen LogP contribution in [-0.4, -0.2) is 35.9 Å². The van der Waals surface area contributed by atoms with E-state index in [1.807, 2.05) is 11.4 Å². The standard InChI is InChI=1S/C22H21N3O5S/c26-17(19-10-14(13-31-19)18-6-3-9-30-18)12-23-21(28)22(29)24-15-4-1-5-16(11-15)25-8-2-7-20(25)27/h1,3-6,9-11,13,17,26H,2,7-8,12H2,(H,23,28)(H,24,29). The molecule has 0 saturated carbocycles. The summed E-state index contributed by atoms with van der Waals surface area (Å²) < 4.78 is 5.33. The highest BCUT2D eigenvalue weighted by Crippen LogP contribution is 2.29. The lowest BCUT2D eigenvalue weighted by Gasteiger charge is -2.16. The highest BCUT2D eigenvalue weighted by Gasteiger charge is 2.22. The molecule has 160 valence electrons. The van der Waals surface area contributed by atoms with E-state index < -0.39 is 17.9 Å². The first-order valence-electron chi connectivity index (χ1n) is 9.81. The summed E-state index contributed by atoms with van der Waals surface area (Å²) in [5, 5.41) is 17.1. The van der Waals surface area contributed by atoms with Crippen molar-refractivity contribution in [2.75, 3.05) is 23.3 Å². The number of anilines is 2. The van der Waals surface area contributed by atoms with E-state index >= 15 is 0 Å². The monoisotopic (exact) mass is 439 g/mol. The number of thiophene rings is 1. The first-order valence-corrected chi connectivity index (χ1v) is 10.7. The molecule has 0 radical (unpaired) electrons. The quantitative estimate of drug-likeness (QED) is 0.512. The van der Waals surface area contributed by atoms with Gasteiger partial charge in [0.15, 0.2) is 0 Å². The van der Waals surface area contributed by atoms with Gasteiger partial charge in [0.05, 0.1) is 6.26 Å². The van der Waals surface area contributed by atoms with Gasteiger partial charge in [0.2, 0.25) is 5.91 Å². The molecular weight excluding hydrogens is 418 g/mol. The van der Waals surface area contributed by atoms with Gasteiger partial charge in [-0.15, -0.1) is 11.3 Å². The van der Waals surface area contributed by atoms with Gasteiger partial charge in [0.1, 0.15) is 11.9 Å². The molecule has 31 heavy (non-hydrogen) atoms. The number of nitrogens with zero attached hydrogens (tertiary/aromatic N) is 1. The lowest BCUT2D eigenvalue weighted by atomic mass is 10.2. The number of rotatable bonds is 6. The van der Waals surface area contributed by atoms with E-state index in [1.54, 1.807) is 47.6 Å². The number of benzene rings is 1. The van der Waals surface area contributed by atoms with Gasteiger partial charge in [-0.1, -0.05) is 6.07 Å². The maximum absolute atomic E-state index is 12.2. The van der Waals surface area contributed by atoms with Gasteiger partial charge >= 0.3 is 11.8 Å². The Bertz CT molecular complexity index is 1090. The fourth-order valence-electron chi connectivity index (χ4n) is 3.33. The van der Waals surface area contributed by atoms with Gasteiger partial charge in [0, 0.05) is 46.7 Å². The topological polar surface area (TPSA) is 112 Å². The molecule has 0 spiro atoms. The zero-order chi connectivity index (χ0) is 21.8. The van der Waals surface area contributed by atoms with Crippen molar-refractivity contribution in [2.45, 2.75) is 18.9 Å². The van der Waals surface area contributed by atoms with Crippen LogP contribution >= 0.6 is 11.3 Å². The Balaban J connectivity index is 1.31. The normalized spacial score (nSPS) is 14.5. The van der Waals surface area contributed by atoms with Crippen LogP contribution in [0.3, 0.4) is 0 Å². The Morgan fingerprint density at radius 3 is 2.81 bits per heavy atom. The average molecular weight is 439 g/mol. The van der Waals surface area contributed by atoms with Crippen molar-refractivity contribution >= 4 is 40.4 Å². The number of carbonyl (C=O) groups excluding carboxylic acids is 3. The van der Waals surface area contributed by atoms with Crippen molar-refractivity contribution in [3.63, 3.8) is 0 Å². The second-order valence-electron chi connectivity index (χ2n) is 7.09. The first-order chi connectivity index (χ1) is 15.0. The zero-order valence-electron chi connectivity index (χ0n) is 16.5. The minimum Gasteiger partial charge on any atom is -0.464 e. The molecule has 4 rings (SSSR count). The number of aliphatic hydroxyl groups excluding tert-OH is 1. The summed E-state index contributed by atoms with van der Waals surface area (Å²) in [7, 11) is 0. The van der Waals surface area contributed by atoms with Crippen LogP contribution < -0.4 is 15.5 Å². The van der Waals surface area contributed by atoms with Crippen LogP contribution in [0.15, 0.2) is 58.5 Å². The number of aliphatic hydroxyl groups is 1. The summed E-state index contributed by atoms with van der Waals surface area (Å²) in [5.74, 6) is -0.973. The number of hydrogen-bond acceptors (Lipinski definition) is 6. The van der Waals surface area contributed by atoms with Crippen LogP contribution in [0.1, 0.15) is 23.8 Å². The highest BCUT2D eigenvalue weighted by atomic mass is 32.1. The Hall–Kier alpha value is -3.43. The first kappa shape index (κ1) is 20.8. The molecule has 1 saturated heterocycles. The second-order valence-corrected chi connectivity index (χ2v) is 8.04. The second kappa shape index (κ2) is 9.15. The molecule has 3 heterocycles. The van der Waals surface area contributed by atoms with Gasteiger partial charge in [-0.25, -0.2) is 0 Å². The molecule has 2 aromatic heterocycles. The largest absolute Gasteiger partial charge is 0.464 e. The van der Waals surface area contributed by atoms with E-state index in [2.05, 4.69) is 10.6 Å². The molecule has 3 amide bonds. The van der Waals surface area contributed by atoms with Gasteiger partial charge < -0.3 is 25.1 Å². The Labute approximate surface area is 182 Å². The SMILES string of the molecule is O=C(NCC(O)c1cc(-c2ccco2)cs1)C(=O)Nc1cccc(N2CCCC2=O)c1. The zero-order valence-corrected chi connectivity index (χ0v) is 17.4. The van der Waals surface area contributed by atoms with Crippen LogP contribution in [0.25, 0.3) is 11.3 Å². The number of amides is 3. The Kier molecular flexibility index (Phi) is 6.15. The van der Waals surface area contributed by atoms with Crippen LogP contribution in [0.2, 0.25) is 0 Å². The summed E-state index contributed by atoms with van der Waals surface area (Å²) in [4.78, 5) is 38.6. The summed E-state index contributed by atoms with van der Waals surface area (Å²) in [5.41, 5.74) is 1.94. The third-order valence-corrected chi connectivity index (χ3v) is 5.94. The van der Waals surface area contributed by atoms with Crippen molar-refractivity contribution in [1.29, 1.82) is 0 Å². The minimum absolute atomic E-state index is 0.0407. The van der Waals surface area contributed by atoms with Gasteiger partial charge in [-0.3, -0.25) is 14.4 Å². The van der Waals surface area contributed by atoms with Crippen molar-refractivity contribution in [3.05, 3.63) is 59.0 Å². The van der Waals surface area contributed by atoms with Crippen LogP contribution in [-0.2, 0) is 14.4 Å². The lowest BCUT2D eigenvalue weighted by molar-refractivity contribution is -0.136. The predicted octanol–water partition coefficient (Wildman–Crippen LogP) is 2.92. The molecule has 1 aliphatic rings. The smallest absolute Gasteiger partial charge is 0.313 e. The third kappa shape index (κ3) is 4.84. The molecule has 1 aromatic carbocycles. The van der Waals surface area contributed by atoms with Gasteiger partial charge in [-0.05, 0) is 42.8 Å². The molecular formula is C22H21N3O5S. The summed E-state index contributed by atoms with van der Waals surface area (Å²) in [6, 6.07) is 12.2. The van der Waals surface area contributed by atoms with E-state index in [-0.39, 0.29) is 12.5 Å². The van der Waals surface area contributed by atoms with E-state index in [9.17, 15) is 19.5 Å². The number of furan rings is 1. The number of hydrogen-bond donors (Lipinski definition) is 3. The fraction of sp³-hybridized carbons (Fsp3) is 0.227. The maximum Gasteiger partial charge on any atom is 0.313 e.